The average molecular weight is 264 g/mol. The van der Waals surface area contributed by atoms with Gasteiger partial charge < -0.3 is 15.8 Å². The Morgan fingerprint density at radius 2 is 2.16 bits per heavy atom. The van der Waals surface area contributed by atoms with E-state index in [0.29, 0.717) is 39.1 Å². The first-order valence-corrected chi connectivity index (χ1v) is 6.50. The van der Waals surface area contributed by atoms with Gasteiger partial charge in [-0.15, -0.1) is 0 Å². The van der Waals surface area contributed by atoms with Crippen LogP contribution in [0.1, 0.15) is 24.2 Å². The van der Waals surface area contributed by atoms with Crippen molar-refractivity contribution in [3.8, 4) is 0 Å². The quantitative estimate of drug-likeness (QED) is 0.808. The van der Waals surface area contributed by atoms with Gasteiger partial charge in [-0.1, -0.05) is 0 Å². The van der Waals surface area contributed by atoms with Crippen LogP contribution in [-0.2, 0) is 16.1 Å². The highest BCUT2D eigenvalue weighted by atomic mass is 16.5. The second-order valence-corrected chi connectivity index (χ2v) is 4.93. The highest BCUT2D eigenvalue weighted by molar-refractivity contribution is 5.82. The third kappa shape index (κ3) is 3.27. The summed E-state index contributed by atoms with van der Waals surface area (Å²) in [6.07, 6.45) is 4.72. The first kappa shape index (κ1) is 13.9. The van der Waals surface area contributed by atoms with E-state index < -0.39 is 5.41 Å². The maximum Gasteiger partial charge on any atom is 0.227 e. The Balaban J connectivity index is 1.94. The Kier molecular flexibility index (Phi) is 4.44. The summed E-state index contributed by atoms with van der Waals surface area (Å²) in [4.78, 5) is 20.7. The van der Waals surface area contributed by atoms with Crippen molar-refractivity contribution in [2.24, 2.45) is 11.1 Å². The Hall–Kier alpha value is -1.53. The van der Waals surface area contributed by atoms with E-state index in [1.165, 1.54) is 0 Å². The normalized spacial score (nSPS) is 18.0. The number of rotatable bonds is 4. The van der Waals surface area contributed by atoms with Crippen molar-refractivity contribution in [1.82, 2.24) is 15.3 Å². The van der Waals surface area contributed by atoms with Crippen LogP contribution in [0, 0.1) is 12.3 Å². The van der Waals surface area contributed by atoms with Crippen LogP contribution in [0.3, 0.4) is 0 Å². The van der Waals surface area contributed by atoms with E-state index in [2.05, 4.69) is 15.3 Å². The number of aromatic nitrogens is 2. The number of nitrogens with one attached hydrogen (secondary N) is 1. The Morgan fingerprint density at radius 3 is 2.74 bits per heavy atom. The maximum absolute atomic E-state index is 12.3. The molecule has 0 aliphatic carbocycles. The first-order chi connectivity index (χ1) is 9.16. The monoisotopic (exact) mass is 264 g/mol. The van der Waals surface area contributed by atoms with Crippen LogP contribution in [0.4, 0.5) is 0 Å². The SMILES string of the molecule is Cc1cnc(CNC(=O)C2(CN)CCOCC2)cn1. The van der Waals surface area contributed by atoms with Crippen LogP contribution in [0.2, 0.25) is 0 Å². The molecule has 0 aromatic carbocycles. The second-order valence-electron chi connectivity index (χ2n) is 4.93. The van der Waals surface area contributed by atoms with Gasteiger partial charge in [0.05, 0.1) is 29.5 Å². The number of amides is 1. The number of carbonyl (C=O) groups is 1. The standard InChI is InChI=1S/C13H20N4O2/c1-10-6-16-11(7-15-10)8-17-12(18)13(9-14)2-4-19-5-3-13/h6-7H,2-5,8-9,14H2,1H3,(H,17,18). The Morgan fingerprint density at radius 1 is 1.42 bits per heavy atom. The molecule has 0 bridgehead atoms. The van der Waals surface area contributed by atoms with Gasteiger partial charge in [-0.2, -0.15) is 0 Å². The minimum absolute atomic E-state index is 0.0133. The number of nitrogens with two attached hydrogens (primary N) is 1. The molecular formula is C13H20N4O2. The molecule has 1 aromatic rings. The van der Waals surface area contributed by atoms with Gasteiger partial charge in [-0.3, -0.25) is 14.8 Å². The van der Waals surface area contributed by atoms with E-state index in [1.54, 1.807) is 12.4 Å². The van der Waals surface area contributed by atoms with Crippen molar-refractivity contribution in [3.63, 3.8) is 0 Å². The molecule has 2 rings (SSSR count). The molecule has 2 heterocycles. The predicted octanol–water partition coefficient (Wildman–Crippen LogP) is 0.157. The van der Waals surface area contributed by atoms with Crippen LogP contribution in [0.15, 0.2) is 12.4 Å². The molecule has 0 radical (unpaired) electrons. The largest absolute Gasteiger partial charge is 0.381 e. The molecule has 1 aromatic heterocycles. The van der Waals surface area contributed by atoms with Crippen LogP contribution in [0.5, 0.6) is 0 Å². The number of carbonyl (C=O) groups excluding carboxylic acids is 1. The fraction of sp³-hybridized carbons (Fsp3) is 0.615. The number of hydrogen-bond donors (Lipinski definition) is 2. The van der Waals surface area contributed by atoms with E-state index in [4.69, 9.17) is 10.5 Å². The third-order valence-corrected chi connectivity index (χ3v) is 3.59. The molecule has 0 saturated carbocycles. The molecule has 1 aliphatic heterocycles. The summed E-state index contributed by atoms with van der Waals surface area (Å²) in [5.74, 6) is -0.0133. The number of ether oxygens (including phenoxy) is 1. The zero-order chi connectivity index (χ0) is 13.7. The first-order valence-electron chi connectivity index (χ1n) is 6.50. The van der Waals surface area contributed by atoms with Crippen molar-refractivity contribution in [1.29, 1.82) is 0 Å². The summed E-state index contributed by atoms with van der Waals surface area (Å²) in [6, 6.07) is 0. The minimum atomic E-state index is -0.490. The molecule has 19 heavy (non-hydrogen) atoms. The summed E-state index contributed by atoms with van der Waals surface area (Å²) in [7, 11) is 0. The van der Waals surface area contributed by atoms with Gasteiger partial charge in [-0.25, -0.2) is 0 Å². The van der Waals surface area contributed by atoms with E-state index in [0.717, 1.165) is 11.4 Å². The molecule has 1 amide bonds. The fourth-order valence-corrected chi connectivity index (χ4v) is 2.15. The van der Waals surface area contributed by atoms with Gasteiger partial charge >= 0.3 is 0 Å². The summed E-state index contributed by atoms with van der Waals surface area (Å²) < 4.78 is 5.29. The summed E-state index contributed by atoms with van der Waals surface area (Å²) >= 11 is 0. The molecule has 104 valence electrons. The van der Waals surface area contributed by atoms with Crippen LogP contribution < -0.4 is 11.1 Å². The van der Waals surface area contributed by atoms with Crippen molar-refractivity contribution in [2.75, 3.05) is 19.8 Å². The molecule has 6 heteroatoms. The average Bonchev–Trinajstić information content (AvgIpc) is 2.47. The highest BCUT2D eigenvalue weighted by Gasteiger charge is 2.38. The lowest BCUT2D eigenvalue weighted by Gasteiger charge is -2.34. The molecule has 0 spiro atoms. The Labute approximate surface area is 112 Å². The summed E-state index contributed by atoms with van der Waals surface area (Å²) in [6.45, 7) is 3.79. The van der Waals surface area contributed by atoms with Crippen molar-refractivity contribution in [2.45, 2.75) is 26.3 Å². The van der Waals surface area contributed by atoms with Crippen LogP contribution in [-0.4, -0.2) is 35.6 Å². The zero-order valence-electron chi connectivity index (χ0n) is 11.2. The number of hydrogen-bond acceptors (Lipinski definition) is 5. The van der Waals surface area contributed by atoms with Crippen molar-refractivity contribution in [3.05, 3.63) is 23.8 Å². The molecule has 3 N–H and O–H groups in total. The fourth-order valence-electron chi connectivity index (χ4n) is 2.15. The number of aryl methyl sites for hydroxylation is 1. The van der Waals surface area contributed by atoms with Gasteiger partial charge in [0.15, 0.2) is 0 Å². The predicted molar refractivity (Wildman–Crippen MR) is 70.2 cm³/mol. The Bertz CT molecular complexity index is 427. The van der Waals surface area contributed by atoms with Gasteiger partial charge in [0, 0.05) is 26.0 Å². The zero-order valence-corrected chi connectivity index (χ0v) is 11.2. The lowest BCUT2D eigenvalue weighted by molar-refractivity contribution is -0.136. The molecule has 1 fully saturated rings. The summed E-state index contributed by atoms with van der Waals surface area (Å²) in [5.41, 5.74) is 6.90. The smallest absolute Gasteiger partial charge is 0.227 e. The van der Waals surface area contributed by atoms with Crippen LogP contribution >= 0.6 is 0 Å². The molecule has 0 atom stereocenters. The minimum Gasteiger partial charge on any atom is -0.381 e. The highest BCUT2D eigenvalue weighted by Crippen LogP contribution is 2.29. The lowest BCUT2D eigenvalue weighted by Crippen LogP contribution is -2.49. The topological polar surface area (TPSA) is 90.1 Å². The van der Waals surface area contributed by atoms with Gasteiger partial charge in [-0.05, 0) is 19.8 Å². The molecule has 1 saturated heterocycles. The van der Waals surface area contributed by atoms with Gasteiger partial charge in [0.25, 0.3) is 0 Å². The molecule has 1 aliphatic rings. The van der Waals surface area contributed by atoms with Crippen LogP contribution in [0.25, 0.3) is 0 Å². The van der Waals surface area contributed by atoms with Crippen molar-refractivity contribution >= 4 is 5.91 Å². The van der Waals surface area contributed by atoms with E-state index in [-0.39, 0.29) is 5.91 Å². The molecule has 0 unspecified atom stereocenters. The molecule has 6 nitrogen and oxygen atoms in total. The van der Waals surface area contributed by atoms with Gasteiger partial charge in [0.2, 0.25) is 5.91 Å². The van der Waals surface area contributed by atoms with Crippen molar-refractivity contribution < 1.29 is 9.53 Å². The third-order valence-electron chi connectivity index (χ3n) is 3.59. The lowest BCUT2D eigenvalue weighted by atomic mass is 9.79. The van der Waals surface area contributed by atoms with E-state index in [1.807, 2.05) is 6.92 Å². The maximum atomic E-state index is 12.3. The summed E-state index contributed by atoms with van der Waals surface area (Å²) in [5, 5.41) is 2.90. The molecular weight excluding hydrogens is 244 g/mol. The van der Waals surface area contributed by atoms with E-state index >= 15 is 0 Å². The van der Waals surface area contributed by atoms with Gasteiger partial charge in [0.1, 0.15) is 0 Å². The second kappa shape index (κ2) is 6.08. The van der Waals surface area contributed by atoms with E-state index in [9.17, 15) is 4.79 Å². The number of nitrogens with zero attached hydrogens (tertiary/aromatic N) is 2.